The first-order chi connectivity index (χ1) is 9.91. The number of pyridine rings is 1. The van der Waals surface area contributed by atoms with Gasteiger partial charge in [0.1, 0.15) is 11.5 Å². The van der Waals surface area contributed by atoms with Gasteiger partial charge in [-0.3, -0.25) is 4.79 Å². The summed E-state index contributed by atoms with van der Waals surface area (Å²) in [7, 11) is 1.63. The summed E-state index contributed by atoms with van der Waals surface area (Å²) in [5.74, 6) is -0.254. The van der Waals surface area contributed by atoms with Gasteiger partial charge in [0.25, 0.3) is 5.91 Å². The van der Waals surface area contributed by atoms with E-state index >= 15 is 0 Å². The Balaban J connectivity index is 2.28. The van der Waals surface area contributed by atoms with E-state index in [9.17, 15) is 18.0 Å². The molecule has 2 aromatic rings. The summed E-state index contributed by atoms with van der Waals surface area (Å²) in [4.78, 5) is 16.0. The number of hydrogen-bond acceptors (Lipinski definition) is 3. The molecular formula is C14H12F3N3O. The number of carbonyl (C=O) groups is 1. The maximum absolute atomic E-state index is 12.8. The van der Waals surface area contributed by atoms with Crippen molar-refractivity contribution in [2.45, 2.75) is 6.18 Å². The van der Waals surface area contributed by atoms with E-state index in [1.165, 1.54) is 24.3 Å². The molecule has 21 heavy (non-hydrogen) atoms. The van der Waals surface area contributed by atoms with Crippen molar-refractivity contribution in [3.8, 4) is 0 Å². The maximum Gasteiger partial charge on any atom is 0.418 e. The maximum atomic E-state index is 12.8. The van der Waals surface area contributed by atoms with E-state index in [-0.39, 0.29) is 11.4 Å². The van der Waals surface area contributed by atoms with Crippen molar-refractivity contribution >= 4 is 17.4 Å². The third-order valence-corrected chi connectivity index (χ3v) is 2.72. The number of nitrogens with one attached hydrogen (secondary N) is 2. The van der Waals surface area contributed by atoms with Crippen molar-refractivity contribution in [3.05, 3.63) is 53.7 Å². The lowest BCUT2D eigenvalue weighted by Crippen LogP contribution is -2.17. The molecule has 0 saturated heterocycles. The van der Waals surface area contributed by atoms with Gasteiger partial charge in [0.05, 0.1) is 11.3 Å². The third-order valence-electron chi connectivity index (χ3n) is 2.72. The number of para-hydroxylation sites is 1. The summed E-state index contributed by atoms with van der Waals surface area (Å²) in [5, 5.41) is 4.99. The number of amides is 1. The van der Waals surface area contributed by atoms with Gasteiger partial charge < -0.3 is 10.6 Å². The van der Waals surface area contributed by atoms with Gasteiger partial charge in [-0.25, -0.2) is 4.98 Å². The molecule has 1 heterocycles. The van der Waals surface area contributed by atoms with Crippen LogP contribution in [0.25, 0.3) is 0 Å². The van der Waals surface area contributed by atoms with E-state index in [0.29, 0.717) is 5.82 Å². The van der Waals surface area contributed by atoms with E-state index in [4.69, 9.17) is 0 Å². The van der Waals surface area contributed by atoms with Gasteiger partial charge in [-0.15, -0.1) is 0 Å². The molecule has 0 bridgehead atoms. The van der Waals surface area contributed by atoms with Crippen LogP contribution in [0.5, 0.6) is 0 Å². The molecule has 1 aromatic carbocycles. The standard InChI is InChI=1S/C14H12F3N3O/c1-18-12-8-4-7-11(19-12)13(21)20-10-6-3-2-5-9(10)14(15,16)17/h2-8H,1H3,(H,18,19)(H,20,21). The van der Waals surface area contributed by atoms with Gasteiger partial charge in [0.15, 0.2) is 0 Å². The Kier molecular flexibility index (Phi) is 4.11. The number of carbonyl (C=O) groups excluding carboxylic acids is 1. The lowest BCUT2D eigenvalue weighted by atomic mass is 10.1. The van der Waals surface area contributed by atoms with Gasteiger partial charge in [-0.05, 0) is 24.3 Å². The summed E-state index contributed by atoms with van der Waals surface area (Å²) in [6, 6.07) is 9.44. The minimum Gasteiger partial charge on any atom is -0.373 e. The molecule has 0 saturated carbocycles. The summed E-state index contributed by atoms with van der Waals surface area (Å²) in [5.41, 5.74) is -1.17. The SMILES string of the molecule is CNc1cccc(C(=O)Nc2ccccc2C(F)(F)F)n1. The Labute approximate surface area is 119 Å². The van der Waals surface area contributed by atoms with Gasteiger partial charge in [-0.1, -0.05) is 18.2 Å². The Morgan fingerprint density at radius 3 is 2.48 bits per heavy atom. The molecule has 0 fully saturated rings. The van der Waals surface area contributed by atoms with Crippen LogP contribution < -0.4 is 10.6 Å². The average Bonchev–Trinajstić information content (AvgIpc) is 2.46. The Bertz CT molecular complexity index is 656. The molecule has 4 nitrogen and oxygen atoms in total. The van der Waals surface area contributed by atoms with Crippen LogP contribution in [0.15, 0.2) is 42.5 Å². The van der Waals surface area contributed by atoms with E-state index in [2.05, 4.69) is 15.6 Å². The fraction of sp³-hybridized carbons (Fsp3) is 0.143. The van der Waals surface area contributed by atoms with Gasteiger partial charge in [0.2, 0.25) is 0 Å². The van der Waals surface area contributed by atoms with Crippen molar-refractivity contribution in [2.24, 2.45) is 0 Å². The normalized spacial score (nSPS) is 11.0. The van der Waals surface area contributed by atoms with Crippen LogP contribution in [0.1, 0.15) is 16.1 Å². The first-order valence-corrected chi connectivity index (χ1v) is 6.04. The molecule has 0 aliphatic rings. The number of halogens is 3. The van der Waals surface area contributed by atoms with E-state index in [0.717, 1.165) is 6.07 Å². The molecule has 0 aliphatic heterocycles. The summed E-state index contributed by atoms with van der Waals surface area (Å²) >= 11 is 0. The number of aromatic nitrogens is 1. The molecule has 0 aliphatic carbocycles. The van der Waals surface area contributed by atoms with Crippen molar-refractivity contribution in [3.63, 3.8) is 0 Å². The van der Waals surface area contributed by atoms with Crippen LogP contribution in [0.2, 0.25) is 0 Å². The number of nitrogens with zero attached hydrogens (tertiary/aromatic N) is 1. The minimum absolute atomic E-state index is 0.0267. The van der Waals surface area contributed by atoms with Crippen LogP contribution in [-0.4, -0.2) is 17.9 Å². The minimum atomic E-state index is -4.54. The van der Waals surface area contributed by atoms with Crippen LogP contribution in [0.3, 0.4) is 0 Å². The van der Waals surface area contributed by atoms with Crippen LogP contribution in [0.4, 0.5) is 24.7 Å². The van der Waals surface area contributed by atoms with Crippen LogP contribution >= 0.6 is 0 Å². The Hall–Kier alpha value is -2.57. The highest BCUT2D eigenvalue weighted by Gasteiger charge is 2.33. The van der Waals surface area contributed by atoms with Crippen molar-refractivity contribution in [1.82, 2.24) is 4.98 Å². The van der Waals surface area contributed by atoms with Crippen molar-refractivity contribution in [2.75, 3.05) is 17.7 Å². The Morgan fingerprint density at radius 1 is 1.10 bits per heavy atom. The lowest BCUT2D eigenvalue weighted by molar-refractivity contribution is -0.136. The molecule has 2 N–H and O–H groups in total. The van der Waals surface area contributed by atoms with Gasteiger partial charge >= 0.3 is 6.18 Å². The van der Waals surface area contributed by atoms with Crippen molar-refractivity contribution in [1.29, 1.82) is 0 Å². The molecule has 0 spiro atoms. The largest absolute Gasteiger partial charge is 0.418 e. The number of anilines is 2. The number of rotatable bonds is 3. The van der Waals surface area contributed by atoms with E-state index < -0.39 is 17.6 Å². The van der Waals surface area contributed by atoms with Crippen molar-refractivity contribution < 1.29 is 18.0 Å². The van der Waals surface area contributed by atoms with E-state index in [1.54, 1.807) is 19.2 Å². The van der Waals surface area contributed by atoms with Crippen LogP contribution in [-0.2, 0) is 6.18 Å². The van der Waals surface area contributed by atoms with Crippen LogP contribution in [0, 0.1) is 0 Å². The first-order valence-electron chi connectivity index (χ1n) is 6.04. The molecule has 0 atom stereocenters. The zero-order valence-electron chi connectivity index (χ0n) is 11.0. The quantitative estimate of drug-likeness (QED) is 0.912. The lowest BCUT2D eigenvalue weighted by Gasteiger charge is -2.13. The topological polar surface area (TPSA) is 54.0 Å². The highest BCUT2D eigenvalue weighted by molar-refractivity contribution is 6.03. The zero-order chi connectivity index (χ0) is 15.5. The molecule has 110 valence electrons. The fourth-order valence-corrected chi connectivity index (χ4v) is 1.73. The molecular weight excluding hydrogens is 283 g/mol. The van der Waals surface area contributed by atoms with E-state index in [1.807, 2.05) is 0 Å². The predicted octanol–water partition coefficient (Wildman–Crippen LogP) is 3.39. The smallest absolute Gasteiger partial charge is 0.373 e. The summed E-state index contributed by atoms with van der Waals surface area (Å²) in [6.45, 7) is 0. The highest BCUT2D eigenvalue weighted by atomic mass is 19.4. The summed E-state index contributed by atoms with van der Waals surface area (Å²) in [6.07, 6.45) is -4.54. The first kappa shape index (κ1) is 14.8. The second kappa shape index (κ2) is 5.82. The molecule has 1 aromatic heterocycles. The summed E-state index contributed by atoms with van der Waals surface area (Å²) < 4.78 is 38.5. The average molecular weight is 295 g/mol. The molecule has 2 rings (SSSR count). The second-order valence-corrected chi connectivity index (χ2v) is 4.16. The monoisotopic (exact) mass is 295 g/mol. The fourth-order valence-electron chi connectivity index (χ4n) is 1.73. The number of alkyl halides is 3. The number of hydrogen-bond donors (Lipinski definition) is 2. The molecule has 0 unspecified atom stereocenters. The highest BCUT2D eigenvalue weighted by Crippen LogP contribution is 2.34. The number of benzene rings is 1. The Morgan fingerprint density at radius 2 is 1.81 bits per heavy atom. The molecule has 0 radical (unpaired) electrons. The second-order valence-electron chi connectivity index (χ2n) is 4.16. The predicted molar refractivity (Wildman–Crippen MR) is 73.2 cm³/mol. The molecule has 7 heteroatoms. The van der Waals surface area contributed by atoms with Gasteiger partial charge in [-0.2, -0.15) is 13.2 Å². The zero-order valence-corrected chi connectivity index (χ0v) is 11.0. The molecule has 1 amide bonds. The van der Waals surface area contributed by atoms with Gasteiger partial charge in [0, 0.05) is 7.05 Å². The third kappa shape index (κ3) is 3.50.